The summed E-state index contributed by atoms with van der Waals surface area (Å²) in [4.78, 5) is 14.4. The molecule has 0 radical (unpaired) electrons. The average molecular weight is 263 g/mol. The maximum atomic E-state index is 12.3. The van der Waals surface area contributed by atoms with Gasteiger partial charge in [0.1, 0.15) is 0 Å². The minimum Gasteiger partial charge on any atom is -0.399 e. The molecule has 1 aromatic carbocycles. The van der Waals surface area contributed by atoms with Crippen molar-refractivity contribution in [3.05, 3.63) is 23.8 Å². The predicted octanol–water partition coefficient (Wildman–Crippen LogP) is 2.64. The van der Waals surface area contributed by atoms with Gasteiger partial charge in [0.25, 0.3) is 0 Å². The Balaban J connectivity index is 2.75. The Labute approximate surface area is 116 Å². The number of aryl methyl sites for hydroxylation is 1. The number of anilines is 2. The molecule has 1 rings (SSSR count). The van der Waals surface area contributed by atoms with Crippen LogP contribution in [0.1, 0.15) is 32.8 Å². The predicted molar refractivity (Wildman–Crippen MR) is 81.2 cm³/mol. The third kappa shape index (κ3) is 4.24. The number of rotatable bonds is 6. The van der Waals surface area contributed by atoms with Crippen molar-refractivity contribution in [3.8, 4) is 0 Å². The second-order valence-electron chi connectivity index (χ2n) is 4.87. The van der Waals surface area contributed by atoms with Crippen molar-refractivity contribution in [2.75, 3.05) is 24.1 Å². The van der Waals surface area contributed by atoms with Gasteiger partial charge in [-0.1, -0.05) is 19.9 Å². The van der Waals surface area contributed by atoms with Gasteiger partial charge in [0, 0.05) is 11.4 Å². The molecule has 106 valence electrons. The fourth-order valence-electron chi connectivity index (χ4n) is 2.09. The lowest BCUT2D eigenvalue weighted by Gasteiger charge is -2.26. The van der Waals surface area contributed by atoms with Gasteiger partial charge in [-0.05, 0) is 51.1 Å². The second-order valence-corrected chi connectivity index (χ2v) is 4.87. The number of hydrogen-bond acceptors (Lipinski definition) is 3. The summed E-state index contributed by atoms with van der Waals surface area (Å²) in [5.41, 5.74) is 8.23. The van der Waals surface area contributed by atoms with Crippen molar-refractivity contribution < 1.29 is 4.79 Å². The van der Waals surface area contributed by atoms with Crippen molar-refractivity contribution in [1.29, 1.82) is 0 Å². The van der Waals surface area contributed by atoms with E-state index >= 15 is 0 Å². The SMILES string of the molecule is CCCN(CC)C(C)C(=O)Nc1cc(N)ccc1C. The van der Waals surface area contributed by atoms with Crippen LogP contribution in [0.15, 0.2) is 18.2 Å². The van der Waals surface area contributed by atoms with E-state index in [-0.39, 0.29) is 11.9 Å². The van der Waals surface area contributed by atoms with E-state index in [9.17, 15) is 4.79 Å². The molecule has 1 amide bonds. The summed E-state index contributed by atoms with van der Waals surface area (Å²) in [7, 11) is 0. The summed E-state index contributed by atoms with van der Waals surface area (Å²) in [6, 6.07) is 5.42. The Kier molecular flexibility index (Phi) is 5.83. The van der Waals surface area contributed by atoms with Crippen LogP contribution in [0.4, 0.5) is 11.4 Å². The van der Waals surface area contributed by atoms with E-state index in [1.165, 1.54) is 0 Å². The highest BCUT2D eigenvalue weighted by molar-refractivity contribution is 5.95. The van der Waals surface area contributed by atoms with E-state index in [1.807, 2.05) is 26.0 Å². The Morgan fingerprint density at radius 3 is 2.68 bits per heavy atom. The van der Waals surface area contributed by atoms with Crippen molar-refractivity contribution in [3.63, 3.8) is 0 Å². The van der Waals surface area contributed by atoms with Gasteiger partial charge < -0.3 is 11.1 Å². The molecule has 0 aromatic heterocycles. The number of nitrogens with zero attached hydrogens (tertiary/aromatic N) is 1. The minimum absolute atomic E-state index is 0.0176. The Bertz CT molecular complexity index is 431. The summed E-state index contributed by atoms with van der Waals surface area (Å²) in [6.07, 6.45) is 1.04. The molecule has 1 atom stereocenters. The summed E-state index contributed by atoms with van der Waals surface area (Å²) >= 11 is 0. The third-order valence-corrected chi connectivity index (χ3v) is 3.36. The molecule has 0 heterocycles. The number of hydrogen-bond donors (Lipinski definition) is 2. The molecule has 0 aliphatic carbocycles. The molecule has 4 nitrogen and oxygen atoms in total. The molecule has 3 N–H and O–H groups in total. The van der Waals surface area contributed by atoms with Crippen molar-refractivity contribution >= 4 is 17.3 Å². The molecular formula is C15H25N3O. The number of nitrogens with one attached hydrogen (secondary N) is 1. The molecule has 0 aliphatic heterocycles. The van der Waals surface area contributed by atoms with Crippen LogP contribution in [0, 0.1) is 6.92 Å². The first kappa shape index (κ1) is 15.5. The van der Waals surface area contributed by atoms with E-state index in [2.05, 4.69) is 24.1 Å². The van der Waals surface area contributed by atoms with Crippen LogP contribution in [0.2, 0.25) is 0 Å². The van der Waals surface area contributed by atoms with E-state index in [0.29, 0.717) is 5.69 Å². The van der Waals surface area contributed by atoms with Crippen LogP contribution < -0.4 is 11.1 Å². The standard InChI is InChI=1S/C15H25N3O/c1-5-9-18(6-2)12(4)15(19)17-14-10-13(16)8-7-11(14)3/h7-8,10,12H,5-6,9,16H2,1-4H3,(H,17,19). The zero-order valence-corrected chi connectivity index (χ0v) is 12.4. The summed E-state index contributed by atoms with van der Waals surface area (Å²) in [5, 5.41) is 2.96. The van der Waals surface area contributed by atoms with Gasteiger partial charge in [-0.25, -0.2) is 0 Å². The van der Waals surface area contributed by atoms with E-state index < -0.39 is 0 Å². The Morgan fingerprint density at radius 2 is 2.11 bits per heavy atom. The lowest BCUT2D eigenvalue weighted by atomic mass is 10.1. The molecule has 0 spiro atoms. The smallest absolute Gasteiger partial charge is 0.241 e. The molecule has 0 fully saturated rings. The average Bonchev–Trinajstić information content (AvgIpc) is 2.39. The van der Waals surface area contributed by atoms with Gasteiger partial charge >= 0.3 is 0 Å². The molecule has 19 heavy (non-hydrogen) atoms. The lowest BCUT2D eigenvalue weighted by molar-refractivity contribution is -0.120. The molecular weight excluding hydrogens is 238 g/mol. The fourth-order valence-corrected chi connectivity index (χ4v) is 2.09. The van der Waals surface area contributed by atoms with Gasteiger partial charge in [-0.3, -0.25) is 9.69 Å². The molecule has 1 aromatic rings. The highest BCUT2D eigenvalue weighted by Crippen LogP contribution is 2.18. The molecule has 0 bridgehead atoms. The number of amides is 1. The number of benzene rings is 1. The van der Waals surface area contributed by atoms with Crippen molar-refractivity contribution in [2.45, 2.75) is 40.2 Å². The zero-order chi connectivity index (χ0) is 14.4. The summed E-state index contributed by atoms with van der Waals surface area (Å²) in [6.45, 7) is 9.90. The van der Waals surface area contributed by atoms with Gasteiger partial charge in [-0.2, -0.15) is 0 Å². The van der Waals surface area contributed by atoms with Crippen LogP contribution in [-0.4, -0.2) is 29.9 Å². The summed E-state index contributed by atoms with van der Waals surface area (Å²) < 4.78 is 0. The quantitative estimate of drug-likeness (QED) is 0.776. The number of nitrogens with two attached hydrogens (primary N) is 1. The number of likely N-dealkylation sites (N-methyl/N-ethyl adjacent to an activating group) is 1. The maximum Gasteiger partial charge on any atom is 0.241 e. The van der Waals surface area contributed by atoms with Gasteiger partial charge in [0.05, 0.1) is 6.04 Å². The number of nitrogen functional groups attached to an aromatic ring is 1. The second kappa shape index (κ2) is 7.14. The van der Waals surface area contributed by atoms with Crippen molar-refractivity contribution in [2.24, 2.45) is 0 Å². The zero-order valence-electron chi connectivity index (χ0n) is 12.4. The molecule has 4 heteroatoms. The van der Waals surface area contributed by atoms with Crippen LogP contribution in [0.25, 0.3) is 0 Å². The van der Waals surface area contributed by atoms with Gasteiger partial charge in [0.2, 0.25) is 5.91 Å². The third-order valence-electron chi connectivity index (χ3n) is 3.36. The van der Waals surface area contributed by atoms with Crippen LogP contribution >= 0.6 is 0 Å². The Hall–Kier alpha value is -1.55. The van der Waals surface area contributed by atoms with Crippen LogP contribution in [0.3, 0.4) is 0 Å². The number of carbonyl (C=O) groups is 1. The van der Waals surface area contributed by atoms with Crippen LogP contribution in [-0.2, 0) is 4.79 Å². The minimum atomic E-state index is -0.134. The topological polar surface area (TPSA) is 58.4 Å². The highest BCUT2D eigenvalue weighted by Gasteiger charge is 2.19. The summed E-state index contributed by atoms with van der Waals surface area (Å²) in [5.74, 6) is 0.0176. The van der Waals surface area contributed by atoms with E-state index in [0.717, 1.165) is 30.8 Å². The van der Waals surface area contributed by atoms with Gasteiger partial charge in [-0.15, -0.1) is 0 Å². The van der Waals surface area contributed by atoms with Crippen LogP contribution in [0.5, 0.6) is 0 Å². The molecule has 0 saturated carbocycles. The largest absolute Gasteiger partial charge is 0.399 e. The van der Waals surface area contributed by atoms with E-state index in [4.69, 9.17) is 5.73 Å². The number of carbonyl (C=O) groups excluding carboxylic acids is 1. The van der Waals surface area contributed by atoms with Gasteiger partial charge in [0.15, 0.2) is 0 Å². The first-order valence-electron chi connectivity index (χ1n) is 6.90. The highest BCUT2D eigenvalue weighted by atomic mass is 16.2. The first-order valence-corrected chi connectivity index (χ1v) is 6.90. The Morgan fingerprint density at radius 1 is 1.42 bits per heavy atom. The maximum absolute atomic E-state index is 12.3. The first-order chi connectivity index (χ1) is 8.99. The fraction of sp³-hybridized carbons (Fsp3) is 0.533. The van der Waals surface area contributed by atoms with Crippen molar-refractivity contribution in [1.82, 2.24) is 4.90 Å². The molecule has 0 saturated heterocycles. The van der Waals surface area contributed by atoms with E-state index in [1.54, 1.807) is 6.07 Å². The monoisotopic (exact) mass is 263 g/mol. The normalized spacial score (nSPS) is 12.5. The molecule has 0 aliphatic rings. The lowest BCUT2D eigenvalue weighted by Crippen LogP contribution is -2.42. The molecule has 1 unspecified atom stereocenters.